The fourth-order valence-corrected chi connectivity index (χ4v) is 2.65. The summed E-state index contributed by atoms with van der Waals surface area (Å²) < 4.78 is 13.2. The van der Waals surface area contributed by atoms with Crippen molar-refractivity contribution in [1.29, 1.82) is 0 Å². The highest BCUT2D eigenvalue weighted by Crippen LogP contribution is 2.29. The molecule has 1 aromatic heterocycles. The van der Waals surface area contributed by atoms with Gasteiger partial charge < -0.3 is 0 Å². The zero-order chi connectivity index (χ0) is 12.3. The zero-order valence-corrected chi connectivity index (χ0v) is 11.1. The topological polar surface area (TPSA) is 12.9 Å². The van der Waals surface area contributed by atoms with Crippen LogP contribution in [0.5, 0.6) is 0 Å². The van der Waals surface area contributed by atoms with Crippen molar-refractivity contribution in [2.45, 2.75) is 18.2 Å². The number of hydrogen-bond donors (Lipinski definition) is 0. The van der Waals surface area contributed by atoms with E-state index in [1.807, 2.05) is 25.1 Å². The van der Waals surface area contributed by atoms with Crippen molar-refractivity contribution in [3.63, 3.8) is 0 Å². The van der Waals surface area contributed by atoms with Crippen molar-refractivity contribution < 1.29 is 4.39 Å². The van der Waals surface area contributed by atoms with E-state index in [2.05, 4.69) is 20.9 Å². The number of rotatable bonds is 3. The lowest BCUT2D eigenvalue weighted by Crippen LogP contribution is -1.99. The molecule has 0 aliphatic carbocycles. The highest BCUT2D eigenvalue weighted by atomic mass is 79.9. The monoisotopic (exact) mass is 293 g/mol. The quantitative estimate of drug-likeness (QED) is 0.773. The molecule has 1 heterocycles. The number of alkyl halides is 1. The minimum atomic E-state index is -0.190. The largest absolute Gasteiger partial charge is 0.265 e. The first-order chi connectivity index (χ1) is 8.16. The van der Waals surface area contributed by atoms with Crippen LogP contribution in [0.1, 0.15) is 21.5 Å². The Kier molecular flexibility index (Phi) is 3.89. The number of aryl methyl sites for hydroxylation is 1. The first kappa shape index (κ1) is 12.2. The number of aromatic nitrogens is 1. The fourth-order valence-electron chi connectivity index (χ4n) is 1.78. The van der Waals surface area contributed by atoms with Gasteiger partial charge in [0, 0.05) is 17.2 Å². The lowest BCUT2D eigenvalue weighted by molar-refractivity contribution is 0.624. The van der Waals surface area contributed by atoms with E-state index < -0.39 is 0 Å². The summed E-state index contributed by atoms with van der Waals surface area (Å²) in [5.74, 6) is -0.190. The molecule has 1 aromatic carbocycles. The molecule has 0 amide bonds. The maximum atomic E-state index is 13.2. The first-order valence-corrected chi connectivity index (χ1v) is 6.37. The molecule has 0 radical (unpaired) electrons. The smallest absolute Gasteiger partial charge is 0.123 e. The molecule has 0 bridgehead atoms. The Morgan fingerprint density at radius 2 is 1.94 bits per heavy atom. The number of benzene rings is 1. The van der Waals surface area contributed by atoms with E-state index in [1.54, 1.807) is 18.5 Å². The second-order valence-electron chi connectivity index (χ2n) is 4.03. The molecular weight excluding hydrogens is 281 g/mol. The van der Waals surface area contributed by atoms with Crippen molar-refractivity contribution in [2.24, 2.45) is 0 Å². The summed E-state index contributed by atoms with van der Waals surface area (Å²) in [7, 11) is 0. The van der Waals surface area contributed by atoms with Gasteiger partial charge in [-0.2, -0.15) is 0 Å². The van der Waals surface area contributed by atoms with Crippen LogP contribution in [-0.2, 0) is 6.42 Å². The Hall–Kier alpha value is -1.22. The third-order valence-electron chi connectivity index (χ3n) is 2.74. The van der Waals surface area contributed by atoms with E-state index in [-0.39, 0.29) is 10.6 Å². The van der Waals surface area contributed by atoms with Gasteiger partial charge in [-0.1, -0.05) is 22.0 Å². The molecule has 2 rings (SSSR count). The van der Waals surface area contributed by atoms with Gasteiger partial charge in [0.15, 0.2) is 0 Å². The van der Waals surface area contributed by atoms with Crippen molar-refractivity contribution in [1.82, 2.24) is 4.98 Å². The summed E-state index contributed by atoms with van der Waals surface area (Å²) in [4.78, 5) is 4.11. The van der Waals surface area contributed by atoms with E-state index in [1.165, 1.54) is 11.6 Å². The molecule has 0 aliphatic heterocycles. The Morgan fingerprint density at radius 3 is 2.65 bits per heavy atom. The molecule has 0 fully saturated rings. The highest BCUT2D eigenvalue weighted by Gasteiger charge is 2.11. The molecule has 0 saturated carbocycles. The standard InChI is InChI=1S/C14H13BrFN/c1-10-2-3-12(16)9-13(10)14(15)8-11-4-6-17-7-5-11/h2-7,9,14H,8H2,1H3. The average molecular weight is 294 g/mol. The number of hydrogen-bond acceptors (Lipinski definition) is 1. The van der Waals surface area contributed by atoms with Crippen LogP contribution in [0.3, 0.4) is 0 Å². The minimum Gasteiger partial charge on any atom is -0.265 e. The Balaban J connectivity index is 2.20. The molecule has 88 valence electrons. The van der Waals surface area contributed by atoms with Gasteiger partial charge in [-0.3, -0.25) is 4.98 Å². The second kappa shape index (κ2) is 5.41. The molecule has 0 aliphatic rings. The maximum Gasteiger partial charge on any atom is 0.123 e. The predicted octanol–water partition coefficient (Wildman–Crippen LogP) is 4.21. The molecule has 1 nitrogen and oxygen atoms in total. The summed E-state index contributed by atoms with van der Waals surface area (Å²) in [6.45, 7) is 2.00. The van der Waals surface area contributed by atoms with Crippen LogP contribution in [0.2, 0.25) is 0 Å². The van der Waals surface area contributed by atoms with Crippen LogP contribution in [-0.4, -0.2) is 4.98 Å². The first-order valence-electron chi connectivity index (χ1n) is 5.46. The summed E-state index contributed by atoms with van der Waals surface area (Å²) in [5.41, 5.74) is 3.29. The lowest BCUT2D eigenvalue weighted by Gasteiger charge is -2.13. The fraction of sp³-hybridized carbons (Fsp3) is 0.214. The van der Waals surface area contributed by atoms with Gasteiger partial charge in [0.1, 0.15) is 5.82 Å². The molecule has 0 spiro atoms. The van der Waals surface area contributed by atoms with Crippen LogP contribution in [0.4, 0.5) is 4.39 Å². The van der Waals surface area contributed by atoms with Gasteiger partial charge >= 0.3 is 0 Å². The summed E-state index contributed by atoms with van der Waals surface area (Å²) in [6.07, 6.45) is 4.37. The Bertz CT molecular complexity index is 499. The van der Waals surface area contributed by atoms with Crippen molar-refractivity contribution in [2.75, 3.05) is 0 Å². The van der Waals surface area contributed by atoms with Crippen molar-refractivity contribution >= 4 is 15.9 Å². The number of halogens is 2. The van der Waals surface area contributed by atoms with Gasteiger partial charge in [-0.25, -0.2) is 4.39 Å². The van der Waals surface area contributed by atoms with Crippen LogP contribution < -0.4 is 0 Å². The molecule has 3 heteroatoms. The van der Waals surface area contributed by atoms with Gasteiger partial charge in [0.05, 0.1) is 0 Å². The molecular formula is C14H13BrFN. The van der Waals surface area contributed by atoms with Crippen LogP contribution in [0.25, 0.3) is 0 Å². The van der Waals surface area contributed by atoms with Crippen LogP contribution >= 0.6 is 15.9 Å². The second-order valence-corrected chi connectivity index (χ2v) is 5.13. The van der Waals surface area contributed by atoms with E-state index in [0.717, 1.165) is 17.5 Å². The van der Waals surface area contributed by atoms with Crippen LogP contribution in [0, 0.1) is 12.7 Å². The predicted molar refractivity (Wildman–Crippen MR) is 70.7 cm³/mol. The maximum absolute atomic E-state index is 13.2. The third kappa shape index (κ3) is 3.13. The average Bonchev–Trinajstić information content (AvgIpc) is 2.33. The van der Waals surface area contributed by atoms with Crippen LogP contribution in [0.15, 0.2) is 42.7 Å². The third-order valence-corrected chi connectivity index (χ3v) is 3.56. The van der Waals surface area contributed by atoms with E-state index in [4.69, 9.17) is 0 Å². The minimum absolute atomic E-state index is 0.126. The van der Waals surface area contributed by atoms with Crippen molar-refractivity contribution in [3.8, 4) is 0 Å². The van der Waals surface area contributed by atoms with E-state index in [0.29, 0.717) is 0 Å². The van der Waals surface area contributed by atoms with Gasteiger partial charge in [0.25, 0.3) is 0 Å². The van der Waals surface area contributed by atoms with E-state index >= 15 is 0 Å². The molecule has 2 aromatic rings. The number of nitrogens with zero attached hydrogens (tertiary/aromatic N) is 1. The molecule has 0 saturated heterocycles. The molecule has 0 N–H and O–H groups in total. The van der Waals surface area contributed by atoms with Gasteiger partial charge in [-0.15, -0.1) is 0 Å². The summed E-state index contributed by atoms with van der Waals surface area (Å²) in [5, 5.41) is 0. The van der Waals surface area contributed by atoms with E-state index in [9.17, 15) is 4.39 Å². The zero-order valence-electron chi connectivity index (χ0n) is 9.53. The normalized spacial score (nSPS) is 12.4. The van der Waals surface area contributed by atoms with Crippen molar-refractivity contribution in [3.05, 3.63) is 65.2 Å². The highest BCUT2D eigenvalue weighted by molar-refractivity contribution is 9.09. The molecule has 1 unspecified atom stereocenters. The Labute approximate surface area is 109 Å². The molecule has 17 heavy (non-hydrogen) atoms. The number of pyridine rings is 1. The lowest BCUT2D eigenvalue weighted by atomic mass is 10.0. The van der Waals surface area contributed by atoms with Gasteiger partial charge in [-0.05, 0) is 54.3 Å². The SMILES string of the molecule is Cc1ccc(F)cc1C(Br)Cc1ccncc1. The Morgan fingerprint density at radius 1 is 1.24 bits per heavy atom. The summed E-state index contributed by atoms with van der Waals surface area (Å²) >= 11 is 3.62. The van der Waals surface area contributed by atoms with Gasteiger partial charge in [0.2, 0.25) is 0 Å². The molecule has 1 atom stereocenters. The summed E-state index contributed by atoms with van der Waals surface area (Å²) in [6, 6.07) is 8.85.